The van der Waals surface area contributed by atoms with Gasteiger partial charge in [-0.05, 0) is 91.8 Å². The number of nitrogens with zero attached hydrogens (tertiary/aromatic N) is 2. The van der Waals surface area contributed by atoms with Gasteiger partial charge in [0, 0.05) is 25.5 Å². The Morgan fingerprint density at radius 2 is 1.91 bits per heavy atom. The first-order valence-corrected chi connectivity index (χ1v) is 15.7. The van der Waals surface area contributed by atoms with Crippen molar-refractivity contribution in [3.05, 3.63) is 12.4 Å². The standard InChI is InChI=1S/C27H42N2O3S.C2H6/c1-18-9-12-27(17-32-3)19(13-18)5-6-21-22-7-8-24(26(22,2)11-10-23(21)27)25(30)16-29-15-20(14-28-29)33(4)31;1-2/h14-15,18-19,21-24H,5-13,16-17H2,1-4H3;1-2H3/t18?,19?,21?,22?,23?,24-,26?,27?,33?;/m1./s1. The second-order valence-corrected chi connectivity index (χ2v) is 13.5. The number of carbonyl (C=O) groups is 1. The van der Waals surface area contributed by atoms with E-state index in [-0.39, 0.29) is 11.3 Å². The fraction of sp³-hybridized carbons (Fsp3) is 0.862. The minimum absolute atomic E-state index is 0.116. The first-order valence-electron chi connectivity index (χ1n) is 14.2. The summed E-state index contributed by atoms with van der Waals surface area (Å²) < 4.78 is 19.3. The molecule has 0 bridgehead atoms. The molecule has 198 valence electrons. The van der Waals surface area contributed by atoms with Gasteiger partial charge in [0.1, 0.15) is 0 Å². The van der Waals surface area contributed by atoms with Crippen molar-refractivity contribution in [1.82, 2.24) is 9.78 Å². The first kappa shape index (κ1) is 27.0. The summed E-state index contributed by atoms with van der Waals surface area (Å²) in [5, 5.41) is 4.31. The van der Waals surface area contributed by atoms with Gasteiger partial charge in [-0.25, -0.2) is 0 Å². The highest BCUT2D eigenvalue weighted by Gasteiger charge is 2.62. The van der Waals surface area contributed by atoms with E-state index in [4.69, 9.17) is 4.74 Å². The summed E-state index contributed by atoms with van der Waals surface area (Å²) in [5.74, 6) is 4.31. The summed E-state index contributed by atoms with van der Waals surface area (Å²) in [6.45, 7) is 10.1. The van der Waals surface area contributed by atoms with Crippen molar-refractivity contribution < 1.29 is 13.7 Å². The quantitative estimate of drug-likeness (QED) is 0.467. The highest BCUT2D eigenvalue weighted by Crippen LogP contribution is 2.68. The van der Waals surface area contributed by atoms with Gasteiger partial charge in [-0.2, -0.15) is 5.10 Å². The minimum Gasteiger partial charge on any atom is -0.384 e. The Morgan fingerprint density at radius 1 is 1.14 bits per heavy atom. The third-order valence-electron chi connectivity index (χ3n) is 10.7. The summed E-state index contributed by atoms with van der Waals surface area (Å²) in [4.78, 5) is 14.2. The van der Waals surface area contributed by atoms with Gasteiger partial charge < -0.3 is 4.74 Å². The second-order valence-electron chi connectivity index (χ2n) is 12.2. The number of hydrogen-bond donors (Lipinski definition) is 0. The van der Waals surface area contributed by atoms with Crippen molar-refractivity contribution >= 4 is 16.6 Å². The van der Waals surface area contributed by atoms with Crippen LogP contribution in [0.15, 0.2) is 17.3 Å². The van der Waals surface area contributed by atoms with Gasteiger partial charge >= 0.3 is 0 Å². The van der Waals surface area contributed by atoms with Crippen LogP contribution in [0.1, 0.15) is 85.5 Å². The fourth-order valence-electron chi connectivity index (χ4n) is 9.19. The molecule has 1 aromatic rings. The van der Waals surface area contributed by atoms with Gasteiger partial charge in [0.05, 0.1) is 35.0 Å². The number of aromatic nitrogens is 2. The Kier molecular flexibility index (Phi) is 8.32. The molecule has 5 rings (SSSR count). The monoisotopic (exact) mass is 504 g/mol. The highest BCUT2D eigenvalue weighted by atomic mass is 32.2. The van der Waals surface area contributed by atoms with Crippen molar-refractivity contribution in [2.24, 2.45) is 46.3 Å². The number of Topliss-reactive ketones (excluding diaryl/α,β-unsaturated/α-hetero) is 1. The van der Waals surface area contributed by atoms with Crippen LogP contribution in [0, 0.1) is 46.3 Å². The molecule has 35 heavy (non-hydrogen) atoms. The van der Waals surface area contributed by atoms with Gasteiger partial charge in [-0.15, -0.1) is 0 Å². The van der Waals surface area contributed by atoms with Crippen LogP contribution in [0.2, 0.25) is 0 Å². The Labute approximate surface area is 215 Å². The zero-order valence-electron chi connectivity index (χ0n) is 22.9. The molecule has 6 heteroatoms. The van der Waals surface area contributed by atoms with Crippen LogP contribution in [-0.2, 0) is 26.9 Å². The maximum absolute atomic E-state index is 13.5. The van der Waals surface area contributed by atoms with Crippen LogP contribution < -0.4 is 0 Å². The number of carbonyl (C=O) groups excluding carboxylic acids is 1. The average molecular weight is 505 g/mol. The lowest BCUT2D eigenvalue weighted by Crippen LogP contribution is -2.56. The molecule has 0 saturated heterocycles. The Morgan fingerprint density at radius 3 is 2.60 bits per heavy atom. The zero-order valence-corrected chi connectivity index (χ0v) is 23.7. The summed E-state index contributed by atoms with van der Waals surface area (Å²) in [7, 11) is 0.841. The van der Waals surface area contributed by atoms with Crippen LogP contribution in [0.25, 0.3) is 0 Å². The van der Waals surface area contributed by atoms with E-state index in [0.29, 0.717) is 28.6 Å². The maximum atomic E-state index is 13.5. The van der Waals surface area contributed by atoms with Gasteiger partial charge in [0.2, 0.25) is 0 Å². The summed E-state index contributed by atoms with van der Waals surface area (Å²) in [6, 6.07) is 0. The topological polar surface area (TPSA) is 61.2 Å². The summed E-state index contributed by atoms with van der Waals surface area (Å²) in [5.41, 5.74) is 0.486. The molecule has 0 radical (unpaired) electrons. The predicted octanol–water partition coefficient (Wildman–Crippen LogP) is 6.14. The molecule has 4 aliphatic carbocycles. The van der Waals surface area contributed by atoms with Crippen LogP contribution in [0.5, 0.6) is 0 Å². The van der Waals surface area contributed by atoms with Gasteiger partial charge in [0.25, 0.3) is 0 Å². The van der Waals surface area contributed by atoms with Crippen molar-refractivity contribution in [1.29, 1.82) is 0 Å². The zero-order chi connectivity index (χ0) is 25.4. The largest absolute Gasteiger partial charge is 0.384 e. The molecular formula is C29H48N2O3S. The maximum Gasteiger partial charge on any atom is 0.157 e. The van der Waals surface area contributed by atoms with E-state index in [1.165, 1.54) is 51.4 Å². The number of rotatable bonds is 6. The lowest BCUT2D eigenvalue weighted by atomic mass is 9.44. The molecule has 0 amide bonds. The van der Waals surface area contributed by atoms with E-state index in [1.807, 2.05) is 21.0 Å². The van der Waals surface area contributed by atoms with E-state index in [1.54, 1.807) is 23.3 Å². The first-order chi connectivity index (χ1) is 16.8. The Balaban J connectivity index is 0.00000141. The predicted molar refractivity (Wildman–Crippen MR) is 141 cm³/mol. The van der Waals surface area contributed by atoms with Crippen molar-refractivity contribution in [3.63, 3.8) is 0 Å². The number of methoxy groups -OCH3 is 1. The molecule has 4 aliphatic rings. The Bertz CT molecular complexity index is 915. The van der Waals surface area contributed by atoms with Crippen molar-refractivity contribution in [2.45, 2.75) is 96.9 Å². The normalized spacial score (nSPS) is 41.1. The molecular weight excluding hydrogens is 456 g/mol. The number of ketones is 1. The van der Waals surface area contributed by atoms with Crippen LogP contribution in [0.3, 0.4) is 0 Å². The van der Waals surface area contributed by atoms with Crippen LogP contribution in [0.4, 0.5) is 0 Å². The summed E-state index contributed by atoms with van der Waals surface area (Å²) in [6.07, 6.45) is 16.5. The lowest BCUT2D eigenvalue weighted by Gasteiger charge is -2.61. The lowest BCUT2D eigenvalue weighted by molar-refractivity contribution is -0.154. The van der Waals surface area contributed by atoms with Crippen molar-refractivity contribution in [2.75, 3.05) is 20.0 Å². The minimum atomic E-state index is -1.06. The van der Waals surface area contributed by atoms with Gasteiger partial charge in [0.15, 0.2) is 5.78 Å². The molecule has 0 N–H and O–H groups in total. The van der Waals surface area contributed by atoms with E-state index in [0.717, 1.165) is 36.7 Å². The van der Waals surface area contributed by atoms with Crippen molar-refractivity contribution in [3.8, 4) is 0 Å². The average Bonchev–Trinajstić information content (AvgIpc) is 3.45. The molecule has 4 saturated carbocycles. The Hall–Kier alpha value is -1.01. The van der Waals surface area contributed by atoms with Crippen LogP contribution in [-0.4, -0.2) is 39.7 Å². The van der Waals surface area contributed by atoms with E-state index >= 15 is 0 Å². The summed E-state index contributed by atoms with van der Waals surface area (Å²) >= 11 is 0. The molecule has 0 aliphatic heterocycles. The molecule has 1 heterocycles. The SMILES string of the molecule is CC.COCC12CCC(C)CC1CCC1C2CCC2(C)C1CC[C@@H]2C(=O)Cn1cc(S(C)=O)cn1. The van der Waals surface area contributed by atoms with Gasteiger partial charge in [-0.3, -0.25) is 13.7 Å². The third-order valence-corrected chi connectivity index (χ3v) is 11.6. The molecule has 5 nitrogen and oxygen atoms in total. The van der Waals surface area contributed by atoms with Crippen LogP contribution >= 0.6 is 0 Å². The van der Waals surface area contributed by atoms with E-state index < -0.39 is 10.8 Å². The second kappa shape index (κ2) is 10.8. The molecule has 0 spiro atoms. The molecule has 0 aromatic carbocycles. The number of fused-ring (bicyclic) bond motifs is 5. The highest BCUT2D eigenvalue weighted by molar-refractivity contribution is 7.84. The van der Waals surface area contributed by atoms with E-state index in [9.17, 15) is 9.00 Å². The molecule has 9 atom stereocenters. The number of hydrogen-bond acceptors (Lipinski definition) is 4. The molecule has 1 aromatic heterocycles. The third kappa shape index (κ3) is 4.71. The van der Waals surface area contributed by atoms with Gasteiger partial charge in [-0.1, -0.05) is 34.1 Å². The smallest absolute Gasteiger partial charge is 0.157 e. The van der Waals surface area contributed by atoms with E-state index in [2.05, 4.69) is 18.9 Å². The number of ether oxygens (including phenoxy) is 1. The molecule has 4 fully saturated rings. The fourth-order valence-corrected chi connectivity index (χ4v) is 9.66. The molecule has 8 unspecified atom stereocenters.